The molecule has 2 aromatic carbocycles. The molecule has 2 N–H and O–H groups in total. The highest BCUT2D eigenvalue weighted by Crippen LogP contribution is 2.33. The number of hydrogen-bond acceptors (Lipinski definition) is 3. The Balaban J connectivity index is 2.08. The predicted octanol–water partition coefficient (Wildman–Crippen LogP) is 3.03. The van der Waals surface area contributed by atoms with Crippen molar-refractivity contribution < 1.29 is 14.6 Å². The van der Waals surface area contributed by atoms with Gasteiger partial charge < -0.3 is 19.7 Å². The SMILES string of the molecule is CNCc1ccc(OCC(=O)O)c(-c2ccc3ccn(C)c3c2)c1. The van der Waals surface area contributed by atoms with Crippen LogP contribution in [-0.2, 0) is 18.4 Å². The lowest BCUT2D eigenvalue weighted by Crippen LogP contribution is -2.10. The van der Waals surface area contributed by atoms with Crippen molar-refractivity contribution in [1.82, 2.24) is 9.88 Å². The number of aliphatic carboxylic acids is 1. The van der Waals surface area contributed by atoms with Crippen molar-refractivity contribution in [3.8, 4) is 16.9 Å². The minimum Gasteiger partial charge on any atom is -0.481 e. The lowest BCUT2D eigenvalue weighted by atomic mass is 10.0. The molecule has 0 bridgehead atoms. The number of nitrogens with one attached hydrogen (secondary N) is 1. The van der Waals surface area contributed by atoms with Crippen LogP contribution in [0.1, 0.15) is 5.56 Å². The number of carboxylic acids is 1. The molecule has 0 saturated carbocycles. The van der Waals surface area contributed by atoms with Crippen LogP contribution in [0.2, 0.25) is 0 Å². The number of carboxylic acid groups (broad SMARTS) is 1. The first-order valence-corrected chi connectivity index (χ1v) is 7.76. The summed E-state index contributed by atoms with van der Waals surface area (Å²) in [6, 6.07) is 14.1. The molecule has 0 atom stereocenters. The fourth-order valence-electron chi connectivity index (χ4n) is 2.81. The van der Waals surface area contributed by atoms with Gasteiger partial charge in [-0.05, 0) is 47.8 Å². The number of benzene rings is 2. The van der Waals surface area contributed by atoms with Crippen molar-refractivity contribution >= 4 is 16.9 Å². The molecule has 24 heavy (non-hydrogen) atoms. The van der Waals surface area contributed by atoms with Gasteiger partial charge in [-0.3, -0.25) is 0 Å². The highest BCUT2D eigenvalue weighted by molar-refractivity contribution is 5.86. The molecule has 0 fully saturated rings. The minimum atomic E-state index is -0.988. The summed E-state index contributed by atoms with van der Waals surface area (Å²) in [5.41, 5.74) is 4.13. The Hall–Kier alpha value is -2.79. The van der Waals surface area contributed by atoms with Crippen LogP contribution in [-0.4, -0.2) is 29.3 Å². The van der Waals surface area contributed by atoms with Gasteiger partial charge in [-0.25, -0.2) is 4.79 Å². The maximum absolute atomic E-state index is 10.8. The van der Waals surface area contributed by atoms with Crippen molar-refractivity contribution in [3.05, 3.63) is 54.2 Å². The van der Waals surface area contributed by atoms with E-state index in [-0.39, 0.29) is 6.61 Å². The van der Waals surface area contributed by atoms with Crippen LogP contribution in [0, 0.1) is 0 Å². The second kappa shape index (κ2) is 6.76. The summed E-state index contributed by atoms with van der Waals surface area (Å²) in [6.45, 7) is 0.378. The van der Waals surface area contributed by atoms with Gasteiger partial charge in [0.15, 0.2) is 6.61 Å². The maximum Gasteiger partial charge on any atom is 0.341 e. The van der Waals surface area contributed by atoms with Gasteiger partial charge >= 0.3 is 5.97 Å². The molecule has 5 nitrogen and oxygen atoms in total. The van der Waals surface area contributed by atoms with E-state index in [2.05, 4.69) is 28.1 Å². The fraction of sp³-hybridized carbons (Fsp3) is 0.211. The molecule has 1 aromatic heterocycles. The molecule has 0 aliphatic heterocycles. The van der Waals surface area contributed by atoms with Crippen LogP contribution in [0.4, 0.5) is 0 Å². The molecule has 124 valence electrons. The zero-order valence-corrected chi connectivity index (χ0v) is 13.7. The van der Waals surface area contributed by atoms with Crippen molar-refractivity contribution in [2.24, 2.45) is 7.05 Å². The summed E-state index contributed by atoms with van der Waals surface area (Å²) in [5.74, 6) is -0.413. The van der Waals surface area contributed by atoms with E-state index in [9.17, 15) is 4.79 Å². The lowest BCUT2D eigenvalue weighted by Gasteiger charge is -2.13. The molecule has 1 heterocycles. The zero-order chi connectivity index (χ0) is 17.1. The highest BCUT2D eigenvalue weighted by Gasteiger charge is 2.11. The smallest absolute Gasteiger partial charge is 0.341 e. The number of aromatic nitrogens is 1. The summed E-state index contributed by atoms with van der Waals surface area (Å²) >= 11 is 0. The van der Waals surface area contributed by atoms with Crippen molar-refractivity contribution in [2.75, 3.05) is 13.7 Å². The average Bonchev–Trinajstić information content (AvgIpc) is 2.94. The van der Waals surface area contributed by atoms with Crippen molar-refractivity contribution in [3.63, 3.8) is 0 Å². The second-order valence-corrected chi connectivity index (χ2v) is 5.74. The monoisotopic (exact) mass is 324 g/mol. The van der Waals surface area contributed by atoms with E-state index in [0.717, 1.165) is 28.8 Å². The number of carbonyl (C=O) groups is 1. The quantitative estimate of drug-likeness (QED) is 0.731. The molecule has 3 rings (SSSR count). The fourth-order valence-corrected chi connectivity index (χ4v) is 2.81. The average molecular weight is 324 g/mol. The normalized spacial score (nSPS) is 10.9. The summed E-state index contributed by atoms with van der Waals surface area (Å²) in [5, 5.41) is 13.2. The van der Waals surface area contributed by atoms with Crippen LogP contribution in [0.25, 0.3) is 22.0 Å². The molecule has 0 saturated heterocycles. The summed E-state index contributed by atoms with van der Waals surface area (Å²) in [6.07, 6.45) is 2.02. The van der Waals surface area contributed by atoms with Crippen LogP contribution >= 0.6 is 0 Å². The van der Waals surface area contributed by atoms with Gasteiger partial charge in [-0.1, -0.05) is 18.2 Å². The molecule has 0 amide bonds. The van der Waals surface area contributed by atoms with Crippen LogP contribution < -0.4 is 10.1 Å². The summed E-state index contributed by atoms with van der Waals surface area (Å²) < 4.78 is 7.55. The van der Waals surface area contributed by atoms with Gasteiger partial charge in [0.05, 0.1) is 0 Å². The largest absolute Gasteiger partial charge is 0.481 e. The first-order valence-electron chi connectivity index (χ1n) is 7.76. The Bertz CT molecular complexity index is 883. The zero-order valence-electron chi connectivity index (χ0n) is 13.7. The Morgan fingerprint density at radius 3 is 2.79 bits per heavy atom. The number of nitrogens with zero attached hydrogens (tertiary/aromatic N) is 1. The van der Waals surface area contributed by atoms with E-state index >= 15 is 0 Å². The third kappa shape index (κ3) is 3.26. The lowest BCUT2D eigenvalue weighted by molar-refractivity contribution is -0.139. The molecule has 0 spiro atoms. The van der Waals surface area contributed by atoms with E-state index in [4.69, 9.17) is 9.84 Å². The first kappa shape index (κ1) is 16.1. The molecule has 0 radical (unpaired) electrons. The third-order valence-electron chi connectivity index (χ3n) is 3.98. The van der Waals surface area contributed by atoms with Crippen LogP contribution in [0.3, 0.4) is 0 Å². The van der Waals surface area contributed by atoms with Gasteiger partial charge in [0.1, 0.15) is 5.75 Å². The third-order valence-corrected chi connectivity index (χ3v) is 3.98. The Morgan fingerprint density at radius 2 is 2.04 bits per heavy atom. The Labute approximate surface area is 140 Å². The Kier molecular flexibility index (Phi) is 4.53. The van der Waals surface area contributed by atoms with Crippen LogP contribution in [0.5, 0.6) is 5.75 Å². The standard InChI is InChI=1S/C19H20N2O3/c1-20-11-13-3-6-18(24-12-19(22)23)16(9-13)15-5-4-14-7-8-21(2)17(14)10-15/h3-10,20H,11-12H2,1-2H3,(H,22,23). The summed E-state index contributed by atoms with van der Waals surface area (Å²) in [4.78, 5) is 10.8. The van der Waals surface area contributed by atoms with E-state index in [1.54, 1.807) is 0 Å². The molecule has 0 unspecified atom stereocenters. The van der Waals surface area contributed by atoms with Crippen molar-refractivity contribution in [1.29, 1.82) is 0 Å². The topological polar surface area (TPSA) is 63.5 Å². The molecular formula is C19H20N2O3. The molecular weight excluding hydrogens is 304 g/mol. The van der Waals surface area contributed by atoms with E-state index < -0.39 is 5.97 Å². The van der Waals surface area contributed by atoms with E-state index in [1.165, 1.54) is 5.39 Å². The minimum absolute atomic E-state index is 0.356. The van der Waals surface area contributed by atoms with Crippen LogP contribution in [0.15, 0.2) is 48.7 Å². The number of aryl methyl sites for hydroxylation is 1. The Morgan fingerprint density at radius 1 is 1.21 bits per heavy atom. The van der Waals surface area contributed by atoms with Gasteiger partial charge in [0, 0.05) is 30.9 Å². The van der Waals surface area contributed by atoms with Gasteiger partial charge in [-0.15, -0.1) is 0 Å². The molecule has 5 heteroatoms. The van der Waals surface area contributed by atoms with Gasteiger partial charge in [-0.2, -0.15) is 0 Å². The van der Waals surface area contributed by atoms with E-state index in [0.29, 0.717) is 5.75 Å². The highest BCUT2D eigenvalue weighted by atomic mass is 16.5. The van der Waals surface area contributed by atoms with Gasteiger partial charge in [0.2, 0.25) is 0 Å². The second-order valence-electron chi connectivity index (χ2n) is 5.74. The molecule has 0 aliphatic rings. The summed E-state index contributed by atoms with van der Waals surface area (Å²) in [7, 11) is 3.90. The van der Waals surface area contributed by atoms with E-state index in [1.807, 2.05) is 44.6 Å². The number of ether oxygens (including phenoxy) is 1. The molecule has 3 aromatic rings. The predicted molar refractivity (Wildman–Crippen MR) is 94.2 cm³/mol. The van der Waals surface area contributed by atoms with Gasteiger partial charge in [0.25, 0.3) is 0 Å². The van der Waals surface area contributed by atoms with Crippen molar-refractivity contribution in [2.45, 2.75) is 6.54 Å². The number of hydrogen-bond donors (Lipinski definition) is 2. The number of fused-ring (bicyclic) bond motifs is 1. The first-order chi connectivity index (χ1) is 11.6. The maximum atomic E-state index is 10.8. The molecule has 0 aliphatic carbocycles. The number of rotatable bonds is 6.